The van der Waals surface area contributed by atoms with Crippen molar-refractivity contribution < 1.29 is 35.5 Å². The maximum atomic E-state index is 14.0. The SMILES string of the molecule is CC(C)(C)N(O)Cc1c(F)cc(S(=O)(=O)O)nc1S(=O)(=O)O. The predicted octanol–water partition coefficient (Wildman–Crippen LogP) is 0.704. The van der Waals surface area contributed by atoms with Gasteiger partial charge < -0.3 is 5.21 Å². The van der Waals surface area contributed by atoms with Gasteiger partial charge in [-0.05, 0) is 20.8 Å². The molecule has 1 aromatic rings. The average Bonchev–Trinajstić information content (AvgIpc) is 2.26. The number of hydroxylamine groups is 2. The van der Waals surface area contributed by atoms with Crippen LogP contribution in [0, 0.1) is 5.82 Å². The number of nitrogens with zero attached hydrogens (tertiary/aromatic N) is 2. The Balaban J connectivity index is 3.59. The third kappa shape index (κ3) is 4.41. The zero-order valence-corrected chi connectivity index (χ0v) is 13.5. The molecule has 0 radical (unpaired) electrons. The summed E-state index contributed by atoms with van der Waals surface area (Å²) in [5.74, 6) is -1.38. The lowest BCUT2D eigenvalue weighted by atomic mass is 10.1. The monoisotopic (exact) mass is 358 g/mol. The maximum Gasteiger partial charge on any atom is 0.312 e. The second-order valence-corrected chi connectivity index (χ2v) is 8.11. The van der Waals surface area contributed by atoms with Gasteiger partial charge in [-0.2, -0.15) is 21.9 Å². The van der Waals surface area contributed by atoms with Crippen LogP contribution < -0.4 is 0 Å². The molecule has 0 aliphatic rings. The van der Waals surface area contributed by atoms with Gasteiger partial charge in [0.1, 0.15) is 5.82 Å². The number of pyridine rings is 1. The van der Waals surface area contributed by atoms with Crippen molar-refractivity contribution in [3.8, 4) is 0 Å². The van der Waals surface area contributed by atoms with E-state index in [2.05, 4.69) is 4.98 Å². The molecule has 0 aromatic carbocycles. The van der Waals surface area contributed by atoms with Crippen molar-refractivity contribution in [2.45, 2.75) is 42.9 Å². The first-order valence-corrected chi connectivity index (χ1v) is 8.63. The lowest BCUT2D eigenvalue weighted by Gasteiger charge is -2.29. The van der Waals surface area contributed by atoms with Gasteiger partial charge in [-0.15, -0.1) is 0 Å². The molecule has 0 atom stereocenters. The Morgan fingerprint density at radius 2 is 1.68 bits per heavy atom. The van der Waals surface area contributed by atoms with Gasteiger partial charge in [0.05, 0.1) is 6.54 Å². The third-order valence-corrected chi connectivity index (χ3v) is 4.16. The van der Waals surface area contributed by atoms with Crippen LogP contribution >= 0.6 is 0 Å². The quantitative estimate of drug-likeness (QED) is 0.523. The van der Waals surface area contributed by atoms with E-state index in [1.54, 1.807) is 0 Å². The molecular formula is C10H15FN2O7S2. The molecule has 1 aromatic heterocycles. The van der Waals surface area contributed by atoms with E-state index in [4.69, 9.17) is 9.11 Å². The minimum Gasteiger partial charge on any atom is -0.313 e. The van der Waals surface area contributed by atoms with Gasteiger partial charge in [0.25, 0.3) is 0 Å². The molecule has 1 heterocycles. The summed E-state index contributed by atoms with van der Waals surface area (Å²) in [6.45, 7) is 3.93. The van der Waals surface area contributed by atoms with Crippen LogP contribution in [0.2, 0.25) is 0 Å². The third-order valence-electron chi connectivity index (χ3n) is 2.60. The van der Waals surface area contributed by atoms with Gasteiger partial charge in [0, 0.05) is 17.2 Å². The maximum absolute atomic E-state index is 14.0. The smallest absolute Gasteiger partial charge is 0.312 e. The Labute approximate surface area is 126 Å². The van der Waals surface area contributed by atoms with Gasteiger partial charge in [0.2, 0.25) is 0 Å². The molecule has 0 spiro atoms. The fraction of sp³-hybridized carbons (Fsp3) is 0.500. The second-order valence-electron chi connectivity index (χ2n) is 5.40. The molecule has 0 saturated heterocycles. The number of halogens is 1. The van der Waals surface area contributed by atoms with E-state index >= 15 is 0 Å². The summed E-state index contributed by atoms with van der Waals surface area (Å²) in [4.78, 5) is 3.06. The normalized spacial score (nSPS) is 13.6. The fourth-order valence-corrected chi connectivity index (χ4v) is 2.58. The van der Waals surface area contributed by atoms with E-state index in [0.717, 1.165) is 0 Å². The van der Waals surface area contributed by atoms with Crippen LogP contribution in [0.1, 0.15) is 26.3 Å². The molecule has 9 nitrogen and oxygen atoms in total. The van der Waals surface area contributed by atoms with Crippen LogP contribution in [0.5, 0.6) is 0 Å². The highest BCUT2D eigenvalue weighted by Gasteiger charge is 2.29. The summed E-state index contributed by atoms with van der Waals surface area (Å²) in [7, 11) is -10.1. The molecule has 22 heavy (non-hydrogen) atoms. The summed E-state index contributed by atoms with van der Waals surface area (Å²) >= 11 is 0. The van der Waals surface area contributed by atoms with Crippen molar-refractivity contribution in [2.75, 3.05) is 0 Å². The number of rotatable bonds is 4. The topological polar surface area (TPSA) is 145 Å². The number of aromatic nitrogens is 1. The van der Waals surface area contributed by atoms with Crippen LogP contribution in [0.4, 0.5) is 4.39 Å². The fourth-order valence-electron chi connectivity index (χ4n) is 1.37. The molecule has 3 N–H and O–H groups in total. The van der Waals surface area contributed by atoms with E-state index in [9.17, 15) is 26.4 Å². The van der Waals surface area contributed by atoms with Gasteiger partial charge in [-0.3, -0.25) is 9.11 Å². The molecule has 0 amide bonds. The van der Waals surface area contributed by atoms with E-state index in [1.807, 2.05) is 0 Å². The molecule has 0 saturated carbocycles. The molecular weight excluding hydrogens is 343 g/mol. The van der Waals surface area contributed by atoms with Crippen molar-refractivity contribution in [1.29, 1.82) is 0 Å². The van der Waals surface area contributed by atoms with Crippen molar-refractivity contribution in [3.05, 3.63) is 17.4 Å². The predicted molar refractivity (Wildman–Crippen MR) is 70.9 cm³/mol. The second kappa shape index (κ2) is 5.79. The highest BCUT2D eigenvalue weighted by Crippen LogP contribution is 2.24. The first-order chi connectivity index (χ1) is 9.64. The van der Waals surface area contributed by atoms with Crippen molar-refractivity contribution in [1.82, 2.24) is 10.0 Å². The van der Waals surface area contributed by atoms with Crippen LogP contribution in [0.15, 0.2) is 16.1 Å². The first-order valence-electron chi connectivity index (χ1n) is 5.75. The molecule has 0 unspecified atom stereocenters. The van der Waals surface area contributed by atoms with Crippen molar-refractivity contribution in [2.24, 2.45) is 0 Å². The summed E-state index contributed by atoms with van der Waals surface area (Å²) in [5, 5.41) is 7.78. The van der Waals surface area contributed by atoms with Gasteiger partial charge in [-0.25, -0.2) is 9.37 Å². The van der Waals surface area contributed by atoms with Gasteiger partial charge >= 0.3 is 20.2 Å². The van der Waals surface area contributed by atoms with Gasteiger partial charge in [0.15, 0.2) is 10.1 Å². The molecule has 0 bridgehead atoms. The van der Waals surface area contributed by atoms with E-state index in [1.165, 1.54) is 20.8 Å². The summed E-state index contributed by atoms with van der Waals surface area (Å²) in [5.41, 5.74) is -1.64. The van der Waals surface area contributed by atoms with Crippen molar-refractivity contribution in [3.63, 3.8) is 0 Å². The lowest BCUT2D eigenvalue weighted by Crippen LogP contribution is -2.38. The standard InChI is InChI=1S/C10H15FN2O7S2/c1-10(2,3)13(14)5-6-7(11)4-8(21(15,16)17)12-9(6)22(18,19)20/h4,14H,5H2,1-3H3,(H,15,16,17)(H,18,19,20). The molecule has 0 fully saturated rings. The zero-order valence-electron chi connectivity index (χ0n) is 11.8. The summed E-state index contributed by atoms with van der Waals surface area (Å²) in [6.07, 6.45) is 0. The Kier molecular flexibility index (Phi) is 4.97. The van der Waals surface area contributed by atoms with Crippen LogP contribution in [-0.2, 0) is 26.8 Å². The van der Waals surface area contributed by atoms with Crippen LogP contribution in [-0.4, -0.2) is 46.7 Å². The summed E-state index contributed by atoms with van der Waals surface area (Å²) < 4.78 is 76.3. The lowest BCUT2D eigenvalue weighted by molar-refractivity contribution is -0.164. The highest BCUT2D eigenvalue weighted by atomic mass is 32.2. The highest BCUT2D eigenvalue weighted by molar-refractivity contribution is 7.86. The first kappa shape index (κ1) is 18.9. The summed E-state index contributed by atoms with van der Waals surface area (Å²) in [6, 6.07) is 0.288. The van der Waals surface area contributed by atoms with Crippen molar-refractivity contribution >= 4 is 20.2 Å². The minimum atomic E-state index is -5.09. The largest absolute Gasteiger partial charge is 0.313 e. The van der Waals surface area contributed by atoms with E-state index in [-0.39, 0.29) is 6.07 Å². The van der Waals surface area contributed by atoms with Crippen LogP contribution in [0.3, 0.4) is 0 Å². The molecule has 0 aliphatic carbocycles. The molecule has 12 heteroatoms. The Bertz CT molecular complexity index is 784. The number of hydrogen-bond donors (Lipinski definition) is 3. The zero-order chi connectivity index (χ0) is 17.5. The average molecular weight is 358 g/mol. The number of hydrogen-bond acceptors (Lipinski definition) is 7. The molecule has 126 valence electrons. The molecule has 1 rings (SSSR count). The van der Waals surface area contributed by atoms with Gasteiger partial charge in [-0.1, -0.05) is 0 Å². The van der Waals surface area contributed by atoms with E-state index < -0.39 is 53.8 Å². The Morgan fingerprint density at radius 1 is 1.18 bits per heavy atom. The Morgan fingerprint density at radius 3 is 2.05 bits per heavy atom. The van der Waals surface area contributed by atoms with E-state index in [0.29, 0.717) is 5.06 Å². The Hall–Kier alpha value is -1.18. The molecule has 0 aliphatic heterocycles. The van der Waals surface area contributed by atoms with Crippen LogP contribution in [0.25, 0.3) is 0 Å². The minimum absolute atomic E-state index is 0.288.